The Labute approximate surface area is 145 Å². The van der Waals surface area contributed by atoms with Crippen LogP contribution in [0.25, 0.3) is 0 Å². The number of hydrogen-bond acceptors (Lipinski definition) is 2. The molecule has 0 unspecified atom stereocenters. The number of rotatable bonds is 6. The summed E-state index contributed by atoms with van der Waals surface area (Å²) in [4.78, 5) is 11.9. The molecule has 0 heterocycles. The second-order valence-electron chi connectivity index (χ2n) is 5.28. The Kier molecular flexibility index (Phi) is 6.24. The molecule has 0 aliphatic rings. The van der Waals surface area contributed by atoms with E-state index in [1.807, 2.05) is 50.2 Å². The first kappa shape index (κ1) is 16.8. The van der Waals surface area contributed by atoms with Gasteiger partial charge in [-0.3, -0.25) is 4.79 Å². The van der Waals surface area contributed by atoms with E-state index in [4.69, 9.17) is 4.74 Å². The number of nitrogens with one attached hydrogen (secondary N) is 1. The summed E-state index contributed by atoms with van der Waals surface area (Å²) in [5.74, 6) is 0.920. The lowest BCUT2D eigenvalue weighted by Crippen LogP contribution is -2.12. The van der Waals surface area contributed by atoms with Gasteiger partial charge in [0, 0.05) is 15.7 Å². The van der Waals surface area contributed by atoms with Crippen molar-refractivity contribution in [3.8, 4) is 5.75 Å². The average Bonchev–Trinajstić information content (AvgIpc) is 2.49. The molecule has 1 N–H and O–H groups in total. The second-order valence-corrected chi connectivity index (χ2v) is 6.52. The molecule has 0 atom stereocenters. The van der Waals surface area contributed by atoms with Crippen LogP contribution in [-0.4, -0.2) is 12.5 Å². The SMILES string of the molecule is Cc1ccc(C)c(OCCCC(=O)Nc2ccc(I)cc2)c1. The van der Waals surface area contributed by atoms with Crippen molar-refractivity contribution in [1.82, 2.24) is 0 Å². The summed E-state index contributed by atoms with van der Waals surface area (Å²) in [6, 6.07) is 13.9. The highest BCUT2D eigenvalue weighted by molar-refractivity contribution is 14.1. The minimum atomic E-state index is 0.0192. The molecule has 0 fully saturated rings. The van der Waals surface area contributed by atoms with Gasteiger partial charge in [-0.05, 0) is 84.3 Å². The smallest absolute Gasteiger partial charge is 0.224 e. The topological polar surface area (TPSA) is 38.3 Å². The van der Waals surface area contributed by atoms with Crippen LogP contribution in [-0.2, 0) is 4.79 Å². The van der Waals surface area contributed by atoms with Crippen LogP contribution in [0.2, 0.25) is 0 Å². The van der Waals surface area contributed by atoms with Gasteiger partial charge in [-0.15, -0.1) is 0 Å². The van der Waals surface area contributed by atoms with E-state index in [0.717, 1.165) is 20.6 Å². The Morgan fingerprint density at radius 3 is 2.59 bits per heavy atom. The minimum absolute atomic E-state index is 0.0192. The van der Waals surface area contributed by atoms with Crippen LogP contribution in [0.5, 0.6) is 5.75 Å². The maximum Gasteiger partial charge on any atom is 0.224 e. The van der Waals surface area contributed by atoms with Gasteiger partial charge in [0.05, 0.1) is 6.61 Å². The Morgan fingerprint density at radius 1 is 1.14 bits per heavy atom. The lowest BCUT2D eigenvalue weighted by Gasteiger charge is -2.10. The zero-order valence-electron chi connectivity index (χ0n) is 12.9. The molecule has 2 aromatic rings. The summed E-state index contributed by atoms with van der Waals surface area (Å²) in [6.45, 7) is 4.61. The molecule has 0 spiro atoms. The Bertz CT molecular complexity index is 638. The fourth-order valence-electron chi connectivity index (χ4n) is 2.03. The number of carbonyl (C=O) groups is 1. The first-order valence-electron chi connectivity index (χ1n) is 7.30. The molecular formula is C18H20INO2. The Balaban J connectivity index is 1.73. The second kappa shape index (κ2) is 8.17. The first-order chi connectivity index (χ1) is 10.5. The lowest BCUT2D eigenvalue weighted by molar-refractivity contribution is -0.116. The Hall–Kier alpha value is -1.56. The van der Waals surface area contributed by atoms with Gasteiger partial charge in [-0.2, -0.15) is 0 Å². The van der Waals surface area contributed by atoms with Crippen LogP contribution in [0.4, 0.5) is 5.69 Å². The predicted molar refractivity (Wildman–Crippen MR) is 98.4 cm³/mol. The number of ether oxygens (including phenoxy) is 1. The van der Waals surface area contributed by atoms with E-state index < -0.39 is 0 Å². The zero-order chi connectivity index (χ0) is 15.9. The number of aryl methyl sites for hydroxylation is 2. The van der Waals surface area contributed by atoms with Crippen molar-refractivity contribution in [3.63, 3.8) is 0 Å². The highest BCUT2D eigenvalue weighted by Gasteiger charge is 2.04. The largest absolute Gasteiger partial charge is 0.493 e. The molecule has 0 radical (unpaired) electrons. The van der Waals surface area contributed by atoms with Crippen molar-refractivity contribution in [3.05, 3.63) is 57.2 Å². The van der Waals surface area contributed by atoms with Crippen LogP contribution in [0.15, 0.2) is 42.5 Å². The third-order valence-corrected chi connectivity index (χ3v) is 4.00. The van der Waals surface area contributed by atoms with Gasteiger partial charge in [-0.25, -0.2) is 0 Å². The lowest BCUT2D eigenvalue weighted by atomic mass is 10.1. The van der Waals surface area contributed by atoms with Gasteiger partial charge in [0.25, 0.3) is 0 Å². The molecule has 0 aliphatic carbocycles. The number of halogens is 1. The predicted octanol–water partition coefficient (Wildman–Crippen LogP) is 4.71. The van der Waals surface area contributed by atoms with Gasteiger partial charge < -0.3 is 10.1 Å². The van der Waals surface area contributed by atoms with Crippen molar-refractivity contribution in [2.75, 3.05) is 11.9 Å². The van der Waals surface area contributed by atoms with Crippen LogP contribution in [0, 0.1) is 17.4 Å². The first-order valence-corrected chi connectivity index (χ1v) is 8.38. The van der Waals surface area contributed by atoms with E-state index >= 15 is 0 Å². The molecule has 3 nitrogen and oxygen atoms in total. The van der Waals surface area contributed by atoms with Gasteiger partial charge in [-0.1, -0.05) is 12.1 Å². The van der Waals surface area contributed by atoms with Crippen molar-refractivity contribution in [2.45, 2.75) is 26.7 Å². The molecule has 0 saturated carbocycles. The van der Waals surface area contributed by atoms with Crippen LogP contribution < -0.4 is 10.1 Å². The van der Waals surface area contributed by atoms with Crippen molar-refractivity contribution in [1.29, 1.82) is 0 Å². The number of amides is 1. The molecule has 0 bridgehead atoms. The third kappa shape index (κ3) is 5.33. The van der Waals surface area contributed by atoms with E-state index in [-0.39, 0.29) is 5.91 Å². The van der Waals surface area contributed by atoms with Crippen molar-refractivity contribution < 1.29 is 9.53 Å². The van der Waals surface area contributed by atoms with E-state index in [1.54, 1.807) is 0 Å². The van der Waals surface area contributed by atoms with E-state index in [2.05, 4.69) is 34.0 Å². The van der Waals surface area contributed by atoms with Crippen LogP contribution >= 0.6 is 22.6 Å². The maximum absolute atomic E-state index is 11.9. The van der Waals surface area contributed by atoms with Crippen molar-refractivity contribution in [2.24, 2.45) is 0 Å². The average molecular weight is 409 g/mol. The zero-order valence-corrected chi connectivity index (χ0v) is 15.0. The van der Waals surface area contributed by atoms with E-state index in [9.17, 15) is 4.79 Å². The highest BCUT2D eigenvalue weighted by Crippen LogP contribution is 2.19. The Morgan fingerprint density at radius 2 is 1.86 bits per heavy atom. The summed E-state index contributed by atoms with van der Waals surface area (Å²) < 4.78 is 6.90. The molecule has 0 saturated heterocycles. The van der Waals surface area contributed by atoms with Gasteiger partial charge in [0.2, 0.25) is 5.91 Å². The fraction of sp³-hybridized carbons (Fsp3) is 0.278. The molecule has 0 aromatic heterocycles. The molecule has 22 heavy (non-hydrogen) atoms. The minimum Gasteiger partial charge on any atom is -0.493 e. The number of carbonyl (C=O) groups excluding carboxylic acids is 1. The molecule has 116 valence electrons. The molecule has 2 aromatic carbocycles. The maximum atomic E-state index is 11.9. The van der Waals surface area contributed by atoms with Crippen molar-refractivity contribution >= 4 is 34.2 Å². The molecule has 0 aliphatic heterocycles. The summed E-state index contributed by atoms with van der Waals surface area (Å²) in [5, 5.41) is 2.89. The van der Waals surface area contributed by atoms with Crippen LogP contribution in [0.1, 0.15) is 24.0 Å². The quantitative estimate of drug-likeness (QED) is 0.555. The van der Waals surface area contributed by atoms with Gasteiger partial charge in [0.15, 0.2) is 0 Å². The number of hydrogen-bond donors (Lipinski definition) is 1. The summed E-state index contributed by atoms with van der Waals surface area (Å²) in [7, 11) is 0. The third-order valence-electron chi connectivity index (χ3n) is 3.28. The van der Waals surface area contributed by atoms with E-state index in [1.165, 1.54) is 5.56 Å². The monoisotopic (exact) mass is 409 g/mol. The summed E-state index contributed by atoms with van der Waals surface area (Å²) >= 11 is 2.24. The summed E-state index contributed by atoms with van der Waals surface area (Å²) in [5.41, 5.74) is 3.13. The molecule has 1 amide bonds. The van der Waals surface area contributed by atoms with Crippen LogP contribution in [0.3, 0.4) is 0 Å². The highest BCUT2D eigenvalue weighted by atomic mass is 127. The fourth-order valence-corrected chi connectivity index (χ4v) is 2.39. The molecular weight excluding hydrogens is 389 g/mol. The standard InChI is InChI=1S/C18H20INO2/c1-13-5-6-14(2)17(12-13)22-11-3-4-18(21)20-16-9-7-15(19)8-10-16/h5-10,12H,3-4,11H2,1-2H3,(H,20,21). The van der Waals surface area contributed by atoms with Gasteiger partial charge >= 0.3 is 0 Å². The molecule has 4 heteroatoms. The summed E-state index contributed by atoms with van der Waals surface area (Å²) in [6.07, 6.45) is 1.15. The van der Waals surface area contributed by atoms with E-state index in [0.29, 0.717) is 19.4 Å². The number of benzene rings is 2. The normalized spacial score (nSPS) is 10.3. The molecule has 2 rings (SSSR count). The van der Waals surface area contributed by atoms with Gasteiger partial charge in [0.1, 0.15) is 5.75 Å². The number of anilines is 1.